The summed E-state index contributed by atoms with van der Waals surface area (Å²) in [5.74, 6) is -0.812. The number of ether oxygens (including phenoxy) is 1. The van der Waals surface area contributed by atoms with Crippen LogP contribution in [0.3, 0.4) is 0 Å². The standard InChI is InChI=1S/C15H16N2O4S/c1-2-3-13-16-8-12(22-13)15(20)17-10-4-6-11(7-5-10)21-9-14(18)19/h4-8H,2-3,9H2,1H3,(H,17,20)(H,18,19). The van der Waals surface area contributed by atoms with Gasteiger partial charge in [-0.2, -0.15) is 0 Å². The minimum Gasteiger partial charge on any atom is -0.482 e. The Balaban J connectivity index is 1.94. The second kappa shape index (κ2) is 7.56. The molecule has 1 aromatic carbocycles. The van der Waals surface area contributed by atoms with Crippen molar-refractivity contribution in [3.05, 3.63) is 40.3 Å². The Labute approximate surface area is 131 Å². The topological polar surface area (TPSA) is 88.5 Å². The number of aryl methyl sites for hydroxylation is 1. The second-order valence-corrected chi connectivity index (χ2v) is 5.64. The number of aliphatic carboxylic acids is 1. The van der Waals surface area contributed by atoms with Gasteiger partial charge < -0.3 is 15.2 Å². The number of aromatic nitrogens is 1. The van der Waals surface area contributed by atoms with Crippen LogP contribution < -0.4 is 10.1 Å². The summed E-state index contributed by atoms with van der Waals surface area (Å²) in [6.07, 6.45) is 3.44. The van der Waals surface area contributed by atoms with Crippen molar-refractivity contribution in [2.75, 3.05) is 11.9 Å². The van der Waals surface area contributed by atoms with Crippen LogP contribution in [0.2, 0.25) is 0 Å². The molecule has 0 saturated carbocycles. The van der Waals surface area contributed by atoms with Gasteiger partial charge >= 0.3 is 5.97 Å². The van der Waals surface area contributed by atoms with Crippen molar-refractivity contribution < 1.29 is 19.4 Å². The van der Waals surface area contributed by atoms with Crippen LogP contribution in [0, 0.1) is 0 Å². The van der Waals surface area contributed by atoms with Gasteiger partial charge in [-0.3, -0.25) is 4.79 Å². The van der Waals surface area contributed by atoms with E-state index in [1.165, 1.54) is 11.3 Å². The van der Waals surface area contributed by atoms with E-state index in [-0.39, 0.29) is 5.91 Å². The molecule has 0 aliphatic rings. The summed E-state index contributed by atoms with van der Waals surface area (Å²) in [5, 5.41) is 12.2. The lowest BCUT2D eigenvalue weighted by molar-refractivity contribution is -0.139. The zero-order chi connectivity index (χ0) is 15.9. The molecule has 2 N–H and O–H groups in total. The summed E-state index contributed by atoms with van der Waals surface area (Å²) in [6.45, 7) is 1.67. The molecule has 0 bridgehead atoms. The van der Waals surface area contributed by atoms with Gasteiger partial charge in [0.2, 0.25) is 0 Å². The molecule has 0 radical (unpaired) electrons. The predicted octanol–water partition coefficient (Wildman–Crippen LogP) is 2.81. The van der Waals surface area contributed by atoms with Crippen molar-refractivity contribution in [2.24, 2.45) is 0 Å². The fraction of sp³-hybridized carbons (Fsp3) is 0.267. The van der Waals surface area contributed by atoms with Gasteiger partial charge in [0.25, 0.3) is 5.91 Å². The minimum absolute atomic E-state index is 0.209. The number of benzene rings is 1. The third-order valence-electron chi connectivity index (χ3n) is 2.72. The first-order valence-corrected chi connectivity index (χ1v) is 7.61. The highest BCUT2D eigenvalue weighted by atomic mass is 32.1. The normalized spacial score (nSPS) is 10.2. The predicted molar refractivity (Wildman–Crippen MR) is 83.6 cm³/mol. The zero-order valence-corrected chi connectivity index (χ0v) is 12.9. The maximum absolute atomic E-state index is 12.1. The number of carboxylic acids is 1. The van der Waals surface area contributed by atoms with E-state index < -0.39 is 12.6 Å². The van der Waals surface area contributed by atoms with Crippen molar-refractivity contribution in [3.8, 4) is 5.75 Å². The largest absolute Gasteiger partial charge is 0.482 e. The lowest BCUT2D eigenvalue weighted by atomic mass is 10.3. The molecule has 2 aromatic rings. The Bertz CT molecular complexity index is 652. The highest BCUT2D eigenvalue weighted by Gasteiger charge is 2.10. The average molecular weight is 320 g/mol. The molecule has 1 aromatic heterocycles. The summed E-state index contributed by atoms with van der Waals surface area (Å²) in [4.78, 5) is 27.3. The first-order valence-electron chi connectivity index (χ1n) is 6.79. The van der Waals surface area contributed by atoms with Crippen LogP contribution >= 0.6 is 11.3 Å². The van der Waals surface area contributed by atoms with Gasteiger partial charge in [0, 0.05) is 5.69 Å². The Hall–Kier alpha value is -2.41. The fourth-order valence-electron chi connectivity index (χ4n) is 1.72. The number of rotatable bonds is 7. The molecule has 6 nitrogen and oxygen atoms in total. The Kier molecular flexibility index (Phi) is 5.48. The lowest BCUT2D eigenvalue weighted by Crippen LogP contribution is -2.11. The number of carboxylic acid groups (broad SMARTS) is 1. The lowest BCUT2D eigenvalue weighted by Gasteiger charge is -2.06. The number of hydrogen-bond acceptors (Lipinski definition) is 5. The van der Waals surface area contributed by atoms with E-state index in [0.29, 0.717) is 16.3 Å². The average Bonchev–Trinajstić information content (AvgIpc) is 2.96. The molecule has 22 heavy (non-hydrogen) atoms. The van der Waals surface area contributed by atoms with E-state index >= 15 is 0 Å². The molecule has 1 amide bonds. The van der Waals surface area contributed by atoms with Gasteiger partial charge in [-0.15, -0.1) is 11.3 Å². The van der Waals surface area contributed by atoms with E-state index in [2.05, 4.69) is 17.2 Å². The Morgan fingerprint density at radius 1 is 1.32 bits per heavy atom. The Morgan fingerprint density at radius 2 is 2.05 bits per heavy atom. The molecular formula is C15H16N2O4S. The molecular weight excluding hydrogens is 304 g/mol. The summed E-state index contributed by atoms with van der Waals surface area (Å²) >= 11 is 1.39. The number of carbonyl (C=O) groups is 2. The number of amides is 1. The van der Waals surface area contributed by atoms with Gasteiger partial charge in [0.05, 0.1) is 11.2 Å². The van der Waals surface area contributed by atoms with E-state index in [0.717, 1.165) is 17.8 Å². The molecule has 2 rings (SSSR count). The maximum Gasteiger partial charge on any atom is 0.341 e. The first-order chi connectivity index (χ1) is 10.6. The quantitative estimate of drug-likeness (QED) is 0.819. The second-order valence-electron chi connectivity index (χ2n) is 4.53. The molecule has 1 heterocycles. The SMILES string of the molecule is CCCc1ncc(C(=O)Nc2ccc(OCC(=O)O)cc2)s1. The van der Waals surface area contributed by atoms with Crippen LogP contribution in [0.5, 0.6) is 5.75 Å². The first kappa shape index (κ1) is 16.0. The van der Waals surface area contributed by atoms with Crippen molar-refractivity contribution in [2.45, 2.75) is 19.8 Å². The van der Waals surface area contributed by atoms with Gasteiger partial charge in [-0.05, 0) is 37.1 Å². The van der Waals surface area contributed by atoms with Crippen LogP contribution in [0.1, 0.15) is 28.0 Å². The number of carbonyl (C=O) groups excluding carboxylic acids is 1. The van der Waals surface area contributed by atoms with Gasteiger partial charge in [-0.1, -0.05) is 6.92 Å². The van der Waals surface area contributed by atoms with E-state index in [4.69, 9.17) is 9.84 Å². The van der Waals surface area contributed by atoms with Crippen molar-refractivity contribution >= 4 is 28.9 Å². The Morgan fingerprint density at radius 3 is 2.68 bits per heavy atom. The third kappa shape index (κ3) is 4.56. The van der Waals surface area contributed by atoms with E-state index in [1.54, 1.807) is 30.5 Å². The minimum atomic E-state index is -1.04. The molecule has 0 spiro atoms. The number of nitrogens with zero attached hydrogens (tertiary/aromatic N) is 1. The maximum atomic E-state index is 12.1. The monoisotopic (exact) mass is 320 g/mol. The van der Waals surface area contributed by atoms with Crippen molar-refractivity contribution in [1.29, 1.82) is 0 Å². The number of thiazole rings is 1. The third-order valence-corrected chi connectivity index (χ3v) is 3.77. The summed E-state index contributed by atoms with van der Waals surface area (Å²) in [7, 11) is 0. The molecule has 0 atom stereocenters. The van der Waals surface area contributed by atoms with Crippen LogP contribution in [-0.4, -0.2) is 28.6 Å². The molecule has 0 saturated heterocycles. The van der Waals surface area contributed by atoms with E-state index in [1.807, 2.05) is 0 Å². The van der Waals surface area contributed by atoms with Crippen molar-refractivity contribution in [1.82, 2.24) is 4.98 Å². The number of hydrogen-bond donors (Lipinski definition) is 2. The summed E-state index contributed by atoms with van der Waals surface area (Å²) < 4.78 is 5.02. The molecule has 0 aliphatic heterocycles. The van der Waals surface area contributed by atoms with Crippen LogP contribution in [0.4, 0.5) is 5.69 Å². The fourth-order valence-corrected chi connectivity index (χ4v) is 2.63. The molecule has 0 unspecified atom stereocenters. The van der Waals surface area contributed by atoms with Gasteiger partial charge in [0.1, 0.15) is 10.6 Å². The molecule has 0 fully saturated rings. The smallest absolute Gasteiger partial charge is 0.341 e. The molecule has 7 heteroatoms. The van der Waals surface area contributed by atoms with Gasteiger partial charge in [-0.25, -0.2) is 9.78 Å². The zero-order valence-electron chi connectivity index (χ0n) is 12.0. The van der Waals surface area contributed by atoms with Gasteiger partial charge in [0.15, 0.2) is 6.61 Å². The number of anilines is 1. The highest BCUT2D eigenvalue weighted by Crippen LogP contribution is 2.19. The molecule has 0 aliphatic carbocycles. The van der Waals surface area contributed by atoms with Crippen LogP contribution in [-0.2, 0) is 11.2 Å². The highest BCUT2D eigenvalue weighted by molar-refractivity contribution is 7.13. The summed E-state index contributed by atoms with van der Waals surface area (Å²) in [6, 6.07) is 6.52. The van der Waals surface area contributed by atoms with Crippen molar-refractivity contribution in [3.63, 3.8) is 0 Å². The van der Waals surface area contributed by atoms with Crippen LogP contribution in [0.25, 0.3) is 0 Å². The summed E-state index contributed by atoms with van der Waals surface area (Å²) in [5.41, 5.74) is 0.609. The van der Waals surface area contributed by atoms with E-state index in [9.17, 15) is 9.59 Å². The van der Waals surface area contributed by atoms with Crippen LogP contribution in [0.15, 0.2) is 30.5 Å². The molecule has 116 valence electrons. The number of nitrogens with one attached hydrogen (secondary N) is 1.